The molecular weight excluding hydrogens is 338 g/mol. The number of nitrogens with zero attached hydrogens (tertiary/aromatic N) is 4. The number of aromatic nitrogens is 4. The van der Waals surface area contributed by atoms with Crippen molar-refractivity contribution < 1.29 is 9.90 Å². The zero-order valence-electron chi connectivity index (χ0n) is 10.9. The first-order chi connectivity index (χ1) is 10.1. The number of carboxylic acid groups (broad SMARTS) is 1. The third-order valence-electron chi connectivity index (χ3n) is 2.96. The third-order valence-corrected chi connectivity index (χ3v) is 3.65. The number of benzene rings is 1. The number of anilines is 2. The molecule has 2 aromatic heterocycles. The second kappa shape index (κ2) is 5.13. The van der Waals surface area contributed by atoms with Crippen molar-refractivity contribution in [1.82, 2.24) is 19.6 Å². The lowest BCUT2D eigenvalue weighted by molar-refractivity contribution is 0.0696. The van der Waals surface area contributed by atoms with E-state index in [2.05, 4.69) is 36.4 Å². The molecular formula is C13H10BrN5O2. The molecule has 0 aliphatic carbocycles. The Bertz CT molecular complexity index is 846. The average Bonchev–Trinajstić information content (AvgIpc) is 2.84. The molecule has 3 aromatic rings. The molecule has 0 aliphatic rings. The van der Waals surface area contributed by atoms with Crippen LogP contribution in [0.5, 0.6) is 0 Å². The Morgan fingerprint density at radius 1 is 1.38 bits per heavy atom. The average molecular weight is 348 g/mol. The normalized spacial score (nSPS) is 10.8. The fourth-order valence-corrected chi connectivity index (χ4v) is 2.35. The Kier molecular flexibility index (Phi) is 3.30. The molecule has 0 aliphatic heterocycles. The van der Waals surface area contributed by atoms with Crippen LogP contribution in [0.2, 0.25) is 0 Å². The van der Waals surface area contributed by atoms with Crippen molar-refractivity contribution in [2.75, 3.05) is 5.32 Å². The number of rotatable bonds is 3. The number of hydrogen-bond acceptors (Lipinski definition) is 5. The van der Waals surface area contributed by atoms with E-state index >= 15 is 0 Å². The number of hydrogen-bond donors (Lipinski definition) is 2. The van der Waals surface area contributed by atoms with Gasteiger partial charge in [-0.05, 0) is 41.1 Å². The van der Waals surface area contributed by atoms with Crippen LogP contribution in [0.15, 0.2) is 35.1 Å². The van der Waals surface area contributed by atoms with Gasteiger partial charge in [-0.3, -0.25) is 4.40 Å². The topological polar surface area (TPSA) is 92.4 Å². The molecule has 0 spiro atoms. The molecule has 8 heteroatoms. The predicted octanol–water partition coefficient (Wildman–Crippen LogP) is 2.64. The molecule has 0 fully saturated rings. The second-order valence-corrected chi connectivity index (χ2v) is 5.20. The predicted molar refractivity (Wildman–Crippen MR) is 79.9 cm³/mol. The fraction of sp³-hybridized carbons (Fsp3) is 0.0769. The van der Waals surface area contributed by atoms with Crippen molar-refractivity contribution >= 4 is 39.1 Å². The molecule has 1 aromatic carbocycles. The first-order valence-electron chi connectivity index (χ1n) is 6.02. The molecule has 0 atom stereocenters. The highest BCUT2D eigenvalue weighted by atomic mass is 79.9. The largest absolute Gasteiger partial charge is 0.478 e. The molecule has 0 amide bonds. The van der Waals surface area contributed by atoms with Gasteiger partial charge in [0.25, 0.3) is 0 Å². The summed E-state index contributed by atoms with van der Waals surface area (Å²) in [6.07, 6.45) is 3.39. The van der Waals surface area contributed by atoms with Crippen molar-refractivity contribution in [3.05, 3.63) is 46.5 Å². The first kappa shape index (κ1) is 13.5. The lowest BCUT2D eigenvalue weighted by Crippen LogP contribution is -2.02. The highest BCUT2D eigenvalue weighted by molar-refractivity contribution is 9.10. The highest BCUT2D eigenvalue weighted by Crippen LogP contribution is 2.24. The van der Waals surface area contributed by atoms with Gasteiger partial charge in [0.05, 0.1) is 5.56 Å². The van der Waals surface area contributed by atoms with Crippen LogP contribution in [0.1, 0.15) is 16.2 Å². The number of nitrogens with one attached hydrogen (secondary N) is 1. The maximum Gasteiger partial charge on any atom is 0.336 e. The number of aromatic carboxylic acids is 1. The Morgan fingerprint density at radius 3 is 2.95 bits per heavy atom. The van der Waals surface area contributed by atoms with E-state index < -0.39 is 5.97 Å². The van der Waals surface area contributed by atoms with E-state index in [1.54, 1.807) is 28.9 Å². The van der Waals surface area contributed by atoms with Gasteiger partial charge in [-0.15, -0.1) is 10.2 Å². The van der Waals surface area contributed by atoms with Crippen molar-refractivity contribution in [3.63, 3.8) is 0 Å². The van der Waals surface area contributed by atoms with Gasteiger partial charge >= 0.3 is 5.97 Å². The Labute approximate surface area is 127 Å². The van der Waals surface area contributed by atoms with Gasteiger partial charge in [-0.2, -0.15) is 0 Å². The van der Waals surface area contributed by atoms with Crippen LogP contribution < -0.4 is 5.32 Å². The number of aryl methyl sites for hydroxylation is 1. The summed E-state index contributed by atoms with van der Waals surface area (Å²) in [5.74, 6) is 0.254. The number of halogens is 1. The van der Waals surface area contributed by atoms with E-state index in [0.717, 1.165) is 5.82 Å². The van der Waals surface area contributed by atoms with Crippen molar-refractivity contribution in [2.45, 2.75) is 6.92 Å². The molecule has 7 nitrogen and oxygen atoms in total. The lowest BCUT2D eigenvalue weighted by Gasteiger charge is -2.08. The zero-order valence-corrected chi connectivity index (χ0v) is 12.5. The summed E-state index contributed by atoms with van der Waals surface area (Å²) in [5, 5.41) is 20.2. The third kappa shape index (κ3) is 2.45. The van der Waals surface area contributed by atoms with Crippen molar-refractivity contribution in [1.29, 1.82) is 0 Å². The monoisotopic (exact) mass is 347 g/mol. The molecule has 21 heavy (non-hydrogen) atoms. The van der Waals surface area contributed by atoms with Gasteiger partial charge < -0.3 is 10.4 Å². The lowest BCUT2D eigenvalue weighted by atomic mass is 10.2. The summed E-state index contributed by atoms with van der Waals surface area (Å²) in [5.41, 5.74) is 1.36. The van der Waals surface area contributed by atoms with Gasteiger partial charge in [0, 0.05) is 22.6 Å². The van der Waals surface area contributed by atoms with Crippen LogP contribution in [0, 0.1) is 6.92 Å². The molecule has 0 saturated heterocycles. The summed E-state index contributed by atoms with van der Waals surface area (Å²) >= 11 is 3.21. The maximum absolute atomic E-state index is 11.1. The van der Waals surface area contributed by atoms with E-state index in [1.165, 1.54) is 6.07 Å². The van der Waals surface area contributed by atoms with E-state index in [-0.39, 0.29) is 5.56 Å². The molecule has 0 radical (unpaired) electrons. The van der Waals surface area contributed by atoms with Crippen LogP contribution >= 0.6 is 15.9 Å². The number of fused-ring (bicyclic) bond motifs is 1. The number of carbonyl (C=O) groups is 1. The molecule has 106 valence electrons. The first-order valence-corrected chi connectivity index (χ1v) is 6.82. The van der Waals surface area contributed by atoms with E-state index in [0.29, 0.717) is 21.6 Å². The number of carboxylic acids is 1. The Morgan fingerprint density at radius 2 is 2.19 bits per heavy atom. The Balaban J connectivity index is 2.03. The standard InChI is InChI=1S/C13H10BrN5O2/c1-7-17-18-12-11(15-4-5-19(7)12)16-8-2-3-10(14)9(6-8)13(20)21/h2-6H,1H3,(H,15,16)(H,20,21). The highest BCUT2D eigenvalue weighted by Gasteiger charge is 2.11. The smallest absolute Gasteiger partial charge is 0.336 e. The van der Waals surface area contributed by atoms with Gasteiger partial charge in [0.2, 0.25) is 5.65 Å². The Hall–Kier alpha value is -2.48. The molecule has 3 rings (SSSR count). The minimum absolute atomic E-state index is 0.171. The summed E-state index contributed by atoms with van der Waals surface area (Å²) in [6.45, 7) is 1.84. The van der Waals surface area contributed by atoms with E-state index in [4.69, 9.17) is 5.11 Å². The summed E-state index contributed by atoms with van der Waals surface area (Å²) in [4.78, 5) is 15.4. The van der Waals surface area contributed by atoms with Crippen LogP contribution in [0.3, 0.4) is 0 Å². The van der Waals surface area contributed by atoms with Crippen LogP contribution in [0.4, 0.5) is 11.5 Å². The minimum Gasteiger partial charge on any atom is -0.478 e. The quantitative estimate of drug-likeness (QED) is 0.756. The van der Waals surface area contributed by atoms with Gasteiger partial charge in [0.15, 0.2) is 5.82 Å². The molecule has 0 bridgehead atoms. The summed E-state index contributed by atoms with van der Waals surface area (Å²) in [7, 11) is 0. The van der Waals surface area contributed by atoms with Crippen molar-refractivity contribution in [2.24, 2.45) is 0 Å². The summed E-state index contributed by atoms with van der Waals surface area (Å²) < 4.78 is 2.32. The van der Waals surface area contributed by atoms with Crippen molar-refractivity contribution in [3.8, 4) is 0 Å². The van der Waals surface area contributed by atoms with Crippen LogP contribution in [-0.2, 0) is 0 Å². The van der Waals surface area contributed by atoms with Gasteiger partial charge in [-0.25, -0.2) is 9.78 Å². The van der Waals surface area contributed by atoms with Crippen LogP contribution in [0.25, 0.3) is 5.65 Å². The maximum atomic E-state index is 11.1. The minimum atomic E-state index is -1.00. The molecule has 2 heterocycles. The van der Waals surface area contributed by atoms with Gasteiger partial charge in [-0.1, -0.05) is 0 Å². The molecule has 0 unspecified atom stereocenters. The molecule has 2 N–H and O–H groups in total. The SMILES string of the molecule is Cc1nnc2c(Nc3ccc(Br)c(C(=O)O)c3)nccn12. The fourth-order valence-electron chi connectivity index (χ4n) is 1.93. The second-order valence-electron chi connectivity index (χ2n) is 4.34. The van der Waals surface area contributed by atoms with Crippen LogP contribution in [-0.4, -0.2) is 30.7 Å². The zero-order chi connectivity index (χ0) is 15.0. The van der Waals surface area contributed by atoms with E-state index in [1.807, 2.05) is 6.92 Å². The van der Waals surface area contributed by atoms with E-state index in [9.17, 15) is 4.79 Å². The van der Waals surface area contributed by atoms with Gasteiger partial charge in [0.1, 0.15) is 5.82 Å². The molecule has 0 saturated carbocycles. The summed E-state index contributed by atoms with van der Waals surface area (Å²) in [6, 6.07) is 4.95.